The number of hydrogen-bond acceptors (Lipinski definition) is 2. The molecule has 2 aromatic rings. The molecule has 1 heterocycles. The zero-order valence-corrected chi connectivity index (χ0v) is 15.0. The Morgan fingerprint density at radius 1 is 1.12 bits per heavy atom. The lowest BCUT2D eigenvalue weighted by atomic mass is 10.00. The highest BCUT2D eigenvalue weighted by Gasteiger charge is 2.14. The summed E-state index contributed by atoms with van der Waals surface area (Å²) in [5.74, 6) is 0.494. The molecule has 0 spiro atoms. The summed E-state index contributed by atoms with van der Waals surface area (Å²) >= 11 is 0. The van der Waals surface area contributed by atoms with Gasteiger partial charge in [0.15, 0.2) is 5.96 Å². The topological polar surface area (TPSA) is 53.6 Å². The molecule has 0 unspecified atom stereocenters. The molecule has 1 aliphatic heterocycles. The molecule has 1 aliphatic rings. The first kappa shape index (κ1) is 17.5. The molecule has 0 aromatic heterocycles. The van der Waals surface area contributed by atoms with Crippen LogP contribution in [-0.4, -0.2) is 30.5 Å². The van der Waals surface area contributed by atoms with Crippen LogP contribution in [0, 0.1) is 0 Å². The van der Waals surface area contributed by atoms with Crippen LogP contribution < -0.4 is 11.1 Å². The van der Waals surface area contributed by atoms with Gasteiger partial charge in [0, 0.05) is 31.9 Å². The van der Waals surface area contributed by atoms with E-state index in [-0.39, 0.29) is 0 Å². The molecule has 0 radical (unpaired) electrons. The first-order valence-electron chi connectivity index (χ1n) is 9.19. The van der Waals surface area contributed by atoms with Gasteiger partial charge in [-0.15, -0.1) is 0 Å². The van der Waals surface area contributed by atoms with E-state index in [0.29, 0.717) is 5.96 Å². The van der Waals surface area contributed by atoms with Crippen molar-refractivity contribution in [1.82, 2.24) is 4.90 Å². The third kappa shape index (κ3) is 5.07. The highest BCUT2D eigenvalue weighted by Crippen LogP contribution is 2.18. The highest BCUT2D eigenvalue weighted by molar-refractivity contribution is 5.92. The zero-order chi connectivity index (χ0) is 17.5. The Labute approximate surface area is 150 Å². The minimum atomic E-state index is 0.494. The average molecular weight is 336 g/mol. The molecule has 3 N–H and O–H groups in total. The average Bonchev–Trinajstić information content (AvgIpc) is 2.66. The van der Waals surface area contributed by atoms with Crippen LogP contribution in [0.1, 0.15) is 30.0 Å². The molecule has 4 heteroatoms. The minimum Gasteiger partial charge on any atom is -0.370 e. The minimum absolute atomic E-state index is 0.494. The lowest BCUT2D eigenvalue weighted by Crippen LogP contribution is -2.31. The van der Waals surface area contributed by atoms with Gasteiger partial charge in [-0.2, -0.15) is 0 Å². The van der Waals surface area contributed by atoms with Crippen LogP contribution in [0.2, 0.25) is 0 Å². The standard InChI is InChI=1S/C21H28N4/c1-2-17-8-10-20(11-9-17)24-21(22)23-13-5-14-25-15-12-18-6-3-4-7-19(18)16-25/h3-4,6-11H,2,5,12-16H2,1H3,(H3,22,23,24). The van der Waals surface area contributed by atoms with Gasteiger partial charge in [-0.3, -0.25) is 9.89 Å². The predicted molar refractivity (Wildman–Crippen MR) is 106 cm³/mol. The Bertz CT molecular complexity index is 706. The lowest BCUT2D eigenvalue weighted by molar-refractivity contribution is 0.253. The Morgan fingerprint density at radius 3 is 2.64 bits per heavy atom. The molecule has 0 atom stereocenters. The van der Waals surface area contributed by atoms with Gasteiger partial charge in [0.05, 0.1) is 0 Å². The Balaban J connectivity index is 1.40. The summed E-state index contributed by atoms with van der Waals surface area (Å²) in [7, 11) is 0. The smallest absolute Gasteiger partial charge is 0.193 e. The van der Waals surface area contributed by atoms with Crippen molar-refractivity contribution in [2.45, 2.75) is 32.7 Å². The number of fused-ring (bicyclic) bond motifs is 1. The van der Waals surface area contributed by atoms with Crippen molar-refractivity contribution in [2.75, 3.05) is 25.0 Å². The number of nitrogens with two attached hydrogens (primary N) is 1. The van der Waals surface area contributed by atoms with Gasteiger partial charge in [0.2, 0.25) is 0 Å². The Kier molecular flexibility index (Phi) is 6.07. The van der Waals surface area contributed by atoms with Crippen LogP contribution in [0.3, 0.4) is 0 Å². The van der Waals surface area contributed by atoms with E-state index in [9.17, 15) is 0 Å². The van der Waals surface area contributed by atoms with Crippen LogP contribution in [0.25, 0.3) is 0 Å². The quantitative estimate of drug-likeness (QED) is 0.483. The van der Waals surface area contributed by atoms with Crippen LogP contribution in [0.5, 0.6) is 0 Å². The summed E-state index contributed by atoms with van der Waals surface area (Å²) in [6.45, 7) is 6.16. The molecule has 25 heavy (non-hydrogen) atoms. The summed E-state index contributed by atoms with van der Waals surface area (Å²) in [5, 5.41) is 3.16. The van der Waals surface area contributed by atoms with E-state index in [1.165, 1.54) is 16.7 Å². The second kappa shape index (κ2) is 8.67. The van der Waals surface area contributed by atoms with E-state index in [1.54, 1.807) is 0 Å². The second-order valence-corrected chi connectivity index (χ2v) is 6.59. The zero-order valence-electron chi connectivity index (χ0n) is 15.0. The number of rotatable bonds is 6. The fourth-order valence-corrected chi connectivity index (χ4v) is 3.25. The number of guanidine groups is 1. The molecule has 0 aliphatic carbocycles. The van der Waals surface area contributed by atoms with Crippen molar-refractivity contribution in [3.8, 4) is 0 Å². The Hall–Kier alpha value is -2.33. The van der Waals surface area contributed by atoms with Crippen molar-refractivity contribution in [1.29, 1.82) is 0 Å². The SMILES string of the molecule is CCc1ccc(NC(N)=NCCCN2CCc3ccccc3C2)cc1. The molecule has 4 nitrogen and oxygen atoms in total. The van der Waals surface area contributed by atoms with Crippen LogP contribution in [0.4, 0.5) is 5.69 Å². The van der Waals surface area contributed by atoms with Crippen molar-refractivity contribution in [3.05, 3.63) is 65.2 Å². The van der Waals surface area contributed by atoms with Crippen LogP contribution in [-0.2, 0) is 19.4 Å². The summed E-state index contributed by atoms with van der Waals surface area (Å²) in [4.78, 5) is 6.95. The number of hydrogen-bond donors (Lipinski definition) is 2. The molecule has 0 amide bonds. The molecule has 0 fully saturated rings. The molecular weight excluding hydrogens is 308 g/mol. The van der Waals surface area contributed by atoms with E-state index in [2.05, 4.69) is 58.5 Å². The maximum Gasteiger partial charge on any atom is 0.193 e. The number of aliphatic imine (C=N–C) groups is 1. The van der Waals surface area contributed by atoms with Crippen LogP contribution >= 0.6 is 0 Å². The summed E-state index contributed by atoms with van der Waals surface area (Å²) in [6, 6.07) is 17.1. The number of benzene rings is 2. The lowest BCUT2D eigenvalue weighted by Gasteiger charge is -2.28. The maximum absolute atomic E-state index is 5.98. The number of nitrogens with zero attached hydrogens (tertiary/aromatic N) is 2. The monoisotopic (exact) mass is 336 g/mol. The highest BCUT2D eigenvalue weighted by atomic mass is 15.1. The second-order valence-electron chi connectivity index (χ2n) is 6.59. The summed E-state index contributed by atoms with van der Waals surface area (Å²) in [5.41, 5.74) is 11.3. The van der Waals surface area contributed by atoms with Crippen molar-refractivity contribution in [2.24, 2.45) is 10.7 Å². The molecule has 132 valence electrons. The number of nitrogens with one attached hydrogen (secondary N) is 1. The van der Waals surface area contributed by atoms with Gasteiger partial charge in [-0.25, -0.2) is 0 Å². The molecule has 0 saturated carbocycles. The van der Waals surface area contributed by atoms with E-state index < -0.39 is 0 Å². The van der Waals surface area contributed by atoms with Crippen molar-refractivity contribution < 1.29 is 0 Å². The molecule has 3 rings (SSSR count). The van der Waals surface area contributed by atoms with Crippen molar-refractivity contribution >= 4 is 11.6 Å². The van der Waals surface area contributed by atoms with E-state index in [4.69, 9.17) is 5.73 Å². The van der Waals surface area contributed by atoms with E-state index in [0.717, 1.165) is 51.1 Å². The third-order valence-electron chi connectivity index (χ3n) is 4.76. The largest absolute Gasteiger partial charge is 0.370 e. The number of anilines is 1. The van der Waals surface area contributed by atoms with Gasteiger partial charge in [0.25, 0.3) is 0 Å². The van der Waals surface area contributed by atoms with Gasteiger partial charge >= 0.3 is 0 Å². The van der Waals surface area contributed by atoms with E-state index >= 15 is 0 Å². The fourth-order valence-electron chi connectivity index (χ4n) is 3.25. The first-order valence-corrected chi connectivity index (χ1v) is 9.19. The number of aryl methyl sites for hydroxylation is 1. The molecule has 2 aromatic carbocycles. The maximum atomic E-state index is 5.98. The fraction of sp³-hybridized carbons (Fsp3) is 0.381. The van der Waals surface area contributed by atoms with Gasteiger partial charge < -0.3 is 11.1 Å². The van der Waals surface area contributed by atoms with E-state index in [1.807, 2.05) is 12.1 Å². The normalized spacial score (nSPS) is 15.0. The third-order valence-corrected chi connectivity index (χ3v) is 4.76. The van der Waals surface area contributed by atoms with Gasteiger partial charge in [-0.05, 0) is 48.1 Å². The molecule has 0 saturated heterocycles. The predicted octanol–water partition coefficient (Wildman–Crippen LogP) is 3.42. The summed E-state index contributed by atoms with van der Waals surface area (Å²) in [6.07, 6.45) is 3.22. The first-order chi connectivity index (χ1) is 12.2. The van der Waals surface area contributed by atoms with Gasteiger partial charge in [-0.1, -0.05) is 43.3 Å². The Morgan fingerprint density at radius 2 is 1.88 bits per heavy atom. The summed E-state index contributed by atoms with van der Waals surface area (Å²) < 4.78 is 0. The van der Waals surface area contributed by atoms with Gasteiger partial charge in [0.1, 0.15) is 0 Å². The molecular formula is C21H28N4. The van der Waals surface area contributed by atoms with Crippen molar-refractivity contribution in [3.63, 3.8) is 0 Å². The van der Waals surface area contributed by atoms with Crippen LogP contribution in [0.15, 0.2) is 53.5 Å². The molecule has 0 bridgehead atoms.